The normalized spacial score (nSPS) is 12.7. The van der Waals surface area contributed by atoms with Crippen molar-refractivity contribution in [2.24, 2.45) is 5.16 Å². The Kier molecular flexibility index (Phi) is 6.36. The molecule has 0 bridgehead atoms. The Balaban J connectivity index is 2.46. The van der Waals surface area contributed by atoms with E-state index >= 15 is 0 Å². The quantitative estimate of drug-likeness (QED) is 0.223. The van der Waals surface area contributed by atoms with E-state index in [4.69, 9.17) is 9.57 Å². The van der Waals surface area contributed by atoms with E-state index in [-0.39, 0.29) is 35.4 Å². The molecule has 1 aromatic heterocycles. The molecule has 0 N–H and O–H groups in total. The highest BCUT2D eigenvalue weighted by Crippen LogP contribution is 2.30. The van der Waals surface area contributed by atoms with Crippen LogP contribution in [0.2, 0.25) is 0 Å². The van der Waals surface area contributed by atoms with Crippen molar-refractivity contribution >= 4 is 11.4 Å². The van der Waals surface area contributed by atoms with Gasteiger partial charge in [-0.3, -0.25) is 10.1 Å². The minimum atomic E-state index is -1.85. The summed E-state index contributed by atoms with van der Waals surface area (Å²) in [6, 6.07) is 4.03. The molecule has 0 fully saturated rings. The Hall–Kier alpha value is -3.30. The lowest BCUT2D eigenvalue weighted by molar-refractivity contribution is -0.386. The van der Waals surface area contributed by atoms with Crippen LogP contribution in [-0.2, 0) is 4.84 Å². The molecule has 138 valence electrons. The van der Waals surface area contributed by atoms with Crippen LogP contribution < -0.4 is 4.74 Å². The van der Waals surface area contributed by atoms with Crippen molar-refractivity contribution in [3.05, 3.63) is 59.2 Å². The Morgan fingerprint density at radius 1 is 1.54 bits per heavy atom. The largest absolute Gasteiger partial charge is 0.484 e. The summed E-state index contributed by atoms with van der Waals surface area (Å²) in [5, 5.41) is 18.8. The van der Waals surface area contributed by atoms with Crippen molar-refractivity contribution < 1.29 is 18.9 Å². The van der Waals surface area contributed by atoms with Crippen molar-refractivity contribution in [2.75, 3.05) is 6.61 Å². The lowest BCUT2D eigenvalue weighted by Crippen LogP contribution is -2.18. The molecule has 0 aliphatic rings. The molecule has 2 aromatic rings. The van der Waals surface area contributed by atoms with Gasteiger partial charge in [0.05, 0.1) is 11.0 Å². The zero-order valence-corrected chi connectivity index (χ0v) is 14.3. The fraction of sp³-hybridized carbons (Fsp3) is 0.312. The monoisotopic (exact) mass is 363 g/mol. The van der Waals surface area contributed by atoms with E-state index in [1.807, 2.05) is 0 Å². The number of oxime groups is 1. The fourth-order valence-corrected chi connectivity index (χ4v) is 2.03. The van der Waals surface area contributed by atoms with E-state index in [1.54, 1.807) is 13.8 Å². The Labute approximate surface area is 148 Å². The SMILES string of the molecule is C=CCON=C(c1ccc(OC(C)C)c([N+](=O)[O-])c1)C(F)n1cncn1. The molecular weight excluding hydrogens is 345 g/mol. The van der Waals surface area contributed by atoms with Crippen LogP contribution in [0.4, 0.5) is 10.1 Å². The van der Waals surface area contributed by atoms with Crippen molar-refractivity contribution in [2.45, 2.75) is 26.2 Å². The van der Waals surface area contributed by atoms with Crippen molar-refractivity contribution in [3.63, 3.8) is 0 Å². The molecule has 2 rings (SSSR count). The molecule has 26 heavy (non-hydrogen) atoms. The molecule has 1 heterocycles. The minimum Gasteiger partial charge on any atom is -0.484 e. The Morgan fingerprint density at radius 3 is 2.88 bits per heavy atom. The average Bonchev–Trinajstić information content (AvgIpc) is 3.13. The highest BCUT2D eigenvalue weighted by Gasteiger charge is 2.25. The number of nitro benzene ring substituents is 1. The number of rotatable bonds is 9. The van der Waals surface area contributed by atoms with E-state index in [2.05, 4.69) is 21.8 Å². The summed E-state index contributed by atoms with van der Waals surface area (Å²) in [4.78, 5) is 19.4. The minimum absolute atomic E-state index is 0.0458. The second-order valence-corrected chi connectivity index (χ2v) is 5.38. The third kappa shape index (κ3) is 4.62. The van der Waals surface area contributed by atoms with Crippen LogP contribution in [-0.4, -0.2) is 38.1 Å². The smallest absolute Gasteiger partial charge is 0.311 e. The lowest BCUT2D eigenvalue weighted by atomic mass is 10.1. The van der Waals surface area contributed by atoms with Gasteiger partial charge in [0.25, 0.3) is 0 Å². The van der Waals surface area contributed by atoms with Crippen LogP contribution in [0.1, 0.15) is 25.7 Å². The van der Waals surface area contributed by atoms with Gasteiger partial charge in [-0.25, -0.2) is 14.1 Å². The number of benzene rings is 1. The van der Waals surface area contributed by atoms with Gasteiger partial charge in [0.1, 0.15) is 25.0 Å². The lowest BCUT2D eigenvalue weighted by Gasteiger charge is -2.14. The molecule has 1 aromatic carbocycles. The van der Waals surface area contributed by atoms with Gasteiger partial charge < -0.3 is 9.57 Å². The van der Waals surface area contributed by atoms with E-state index in [1.165, 1.54) is 30.6 Å². The number of aromatic nitrogens is 3. The van der Waals surface area contributed by atoms with Crippen LogP contribution in [0.5, 0.6) is 5.75 Å². The van der Waals surface area contributed by atoms with Gasteiger partial charge in [-0.15, -0.1) is 0 Å². The molecule has 1 atom stereocenters. The van der Waals surface area contributed by atoms with E-state index in [0.717, 1.165) is 11.0 Å². The molecule has 0 saturated heterocycles. The van der Waals surface area contributed by atoms with Gasteiger partial charge >= 0.3 is 5.69 Å². The summed E-state index contributed by atoms with van der Waals surface area (Å²) >= 11 is 0. The zero-order valence-electron chi connectivity index (χ0n) is 14.3. The second kappa shape index (κ2) is 8.70. The van der Waals surface area contributed by atoms with E-state index < -0.39 is 11.2 Å². The Morgan fingerprint density at radius 2 is 2.31 bits per heavy atom. The first-order valence-electron chi connectivity index (χ1n) is 7.68. The van der Waals surface area contributed by atoms with Gasteiger partial charge in [0.15, 0.2) is 5.75 Å². The van der Waals surface area contributed by atoms with Gasteiger partial charge in [-0.2, -0.15) is 5.10 Å². The molecule has 0 aliphatic heterocycles. The van der Waals surface area contributed by atoms with Crippen molar-refractivity contribution in [3.8, 4) is 5.75 Å². The summed E-state index contributed by atoms with van der Waals surface area (Å²) < 4.78 is 21.2. The highest BCUT2D eigenvalue weighted by molar-refractivity contribution is 6.02. The number of alkyl halides is 1. The number of halogens is 1. The molecule has 0 spiro atoms. The van der Waals surface area contributed by atoms with Crippen LogP contribution >= 0.6 is 0 Å². The maximum Gasteiger partial charge on any atom is 0.311 e. The van der Waals surface area contributed by atoms with Gasteiger partial charge in [0, 0.05) is 11.6 Å². The second-order valence-electron chi connectivity index (χ2n) is 5.38. The standard InChI is InChI=1S/C16H18FN5O4/c1-4-7-25-20-15(16(17)21-10-18-9-19-21)12-5-6-14(26-11(2)3)13(8-12)22(23)24/h4-6,8-11,16H,1,7H2,2-3H3. The molecule has 0 amide bonds. The fourth-order valence-electron chi connectivity index (χ4n) is 2.03. The molecule has 0 saturated carbocycles. The van der Waals surface area contributed by atoms with Crippen LogP contribution in [0.25, 0.3) is 0 Å². The average molecular weight is 363 g/mol. The predicted octanol–water partition coefficient (Wildman–Crippen LogP) is 3.05. The first kappa shape index (κ1) is 19.0. The number of ether oxygens (including phenoxy) is 1. The molecule has 1 unspecified atom stereocenters. The van der Waals surface area contributed by atoms with Crippen LogP contribution in [0.15, 0.2) is 48.7 Å². The third-order valence-corrected chi connectivity index (χ3v) is 3.06. The number of nitro groups is 1. The summed E-state index contributed by atoms with van der Waals surface area (Å²) in [6.07, 6.45) is 1.66. The number of hydrogen-bond donors (Lipinski definition) is 0. The third-order valence-electron chi connectivity index (χ3n) is 3.06. The van der Waals surface area contributed by atoms with E-state index in [0.29, 0.717) is 0 Å². The summed E-state index contributed by atoms with van der Waals surface area (Å²) in [6.45, 7) is 7.02. The predicted molar refractivity (Wildman–Crippen MR) is 91.7 cm³/mol. The molecule has 10 heteroatoms. The highest BCUT2D eigenvalue weighted by atomic mass is 19.1. The van der Waals surface area contributed by atoms with Crippen molar-refractivity contribution in [1.29, 1.82) is 0 Å². The first-order chi connectivity index (χ1) is 12.4. The summed E-state index contributed by atoms with van der Waals surface area (Å²) in [5.41, 5.74) is -0.352. The van der Waals surface area contributed by atoms with Crippen LogP contribution in [0, 0.1) is 10.1 Å². The van der Waals surface area contributed by atoms with Gasteiger partial charge in [-0.05, 0) is 26.0 Å². The summed E-state index contributed by atoms with van der Waals surface area (Å²) in [7, 11) is 0. The van der Waals surface area contributed by atoms with Crippen LogP contribution in [0.3, 0.4) is 0 Å². The molecule has 0 radical (unpaired) electrons. The molecule has 9 nitrogen and oxygen atoms in total. The van der Waals surface area contributed by atoms with Gasteiger partial charge in [0.2, 0.25) is 6.30 Å². The maximum absolute atomic E-state index is 14.8. The number of nitrogens with zero attached hydrogens (tertiary/aromatic N) is 5. The molecule has 0 aliphatic carbocycles. The number of hydrogen-bond acceptors (Lipinski definition) is 7. The zero-order chi connectivity index (χ0) is 19.1. The van der Waals surface area contributed by atoms with Gasteiger partial charge in [-0.1, -0.05) is 17.8 Å². The maximum atomic E-state index is 14.8. The topological polar surface area (TPSA) is 105 Å². The molecular formula is C16H18FN5O4. The Bertz CT molecular complexity index is 792. The van der Waals surface area contributed by atoms with E-state index in [9.17, 15) is 14.5 Å². The van der Waals surface area contributed by atoms with Crippen molar-refractivity contribution in [1.82, 2.24) is 14.8 Å². The summed E-state index contributed by atoms with van der Waals surface area (Å²) in [5.74, 6) is 0.0799. The first-order valence-corrected chi connectivity index (χ1v) is 7.68.